The van der Waals surface area contributed by atoms with Crippen molar-refractivity contribution in [2.75, 3.05) is 13.2 Å². The molecule has 4 heteroatoms. The predicted molar refractivity (Wildman–Crippen MR) is 55.7 cm³/mol. The first-order chi connectivity index (χ1) is 7.27. The van der Waals surface area contributed by atoms with Gasteiger partial charge in [-0.1, -0.05) is 0 Å². The lowest BCUT2D eigenvalue weighted by Crippen LogP contribution is -2.50. The van der Waals surface area contributed by atoms with Crippen LogP contribution in [0.2, 0.25) is 0 Å². The van der Waals surface area contributed by atoms with Crippen LogP contribution in [-0.2, 0) is 9.53 Å². The molecule has 15 heavy (non-hydrogen) atoms. The van der Waals surface area contributed by atoms with Crippen LogP contribution in [0.4, 0.5) is 0 Å². The zero-order valence-electron chi connectivity index (χ0n) is 8.95. The molecule has 2 N–H and O–H groups in total. The van der Waals surface area contributed by atoms with E-state index in [1.54, 1.807) is 0 Å². The van der Waals surface area contributed by atoms with E-state index in [0.29, 0.717) is 12.0 Å². The summed E-state index contributed by atoms with van der Waals surface area (Å²) in [7, 11) is 0. The van der Waals surface area contributed by atoms with Crippen molar-refractivity contribution in [2.45, 2.75) is 44.2 Å². The average Bonchev–Trinajstić information content (AvgIpc) is 2.30. The largest absolute Gasteiger partial charge is 0.480 e. The van der Waals surface area contributed by atoms with Gasteiger partial charge >= 0.3 is 5.97 Å². The van der Waals surface area contributed by atoms with Crippen LogP contribution in [0.25, 0.3) is 0 Å². The molecule has 2 aliphatic heterocycles. The Morgan fingerprint density at radius 2 is 1.93 bits per heavy atom. The van der Waals surface area contributed by atoms with Crippen molar-refractivity contribution in [2.24, 2.45) is 5.92 Å². The van der Waals surface area contributed by atoms with Crippen LogP contribution in [0.5, 0.6) is 0 Å². The van der Waals surface area contributed by atoms with Gasteiger partial charge in [0.25, 0.3) is 0 Å². The molecule has 0 saturated carbocycles. The minimum Gasteiger partial charge on any atom is -0.480 e. The van der Waals surface area contributed by atoms with Crippen molar-refractivity contribution in [3.8, 4) is 0 Å². The van der Waals surface area contributed by atoms with E-state index in [2.05, 4.69) is 5.32 Å². The maximum atomic E-state index is 10.9. The van der Waals surface area contributed by atoms with Gasteiger partial charge < -0.3 is 15.2 Å². The lowest BCUT2D eigenvalue weighted by molar-refractivity contribution is -0.140. The second kappa shape index (κ2) is 4.94. The molecule has 0 aliphatic carbocycles. The quantitative estimate of drug-likeness (QED) is 0.718. The molecular formula is C11H19NO3. The highest BCUT2D eigenvalue weighted by atomic mass is 16.5. The van der Waals surface area contributed by atoms with Crippen LogP contribution in [0.1, 0.15) is 32.1 Å². The Balaban J connectivity index is 1.88. The molecule has 0 radical (unpaired) electrons. The number of piperidine rings is 1. The lowest BCUT2D eigenvalue weighted by atomic mass is 9.85. The minimum atomic E-state index is -0.702. The van der Waals surface area contributed by atoms with Crippen molar-refractivity contribution < 1.29 is 14.6 Å². The van der Waals surface area contributed by atoms with Crippen molar-refractivity contribution >= 4 is 5.97 Å². The molecule has 0 aromatic rings. The molecule has 2 rings (SSSR count). The third-order valence-corrected chi connectivity index (χ3v) is 3.56. The number of hydrogen-bond acceptors (Lipinski definition) is 3. The predicted octanol–water partition coefficient (Wildman–Crippen LogP) is 1.01. The van der Waals surface area contributed by atoms with E-state index in [1.165, 1.54) is 0 Å². The van der Waals surface area contributed by atoms with Gasteiger partial charge in [0.1, 0.15) is 6.04 Å². The van der Waals surface area contributed by atoms with Gasteiger partial charge in [-0.05, 0) is 38.0 Å². The Hall–Kier alpha value is -0.610. The van der Waals surface area contributed by atoms with Gasteiger partial charge in [-0.15, -0.1) is 0 Å². The zero-order valence-corrected chi connectivity index (χ0v) is 8.95. The molecule has 86 valence electrons. The topological polar surface area (TPSA) is 58.6 Å². The summed E-state index contributed by atoms with van der Waals surface area (Å²) in [6, 6.07) is 0.0651. The Bertz CT molecular complexity index is 226. The van der Waals surface area contributed by atoms with E-state index >= 15 is 0 Å². The van der Waals surface area contributed by atoms with Gasteiger partial charge in [-0.25, -0.2) is 0 Å². The molecule has 2 unspecified atom stereocenters. The molecule has 0 spiro atoms. The van der Waals surface area contributed by atoms with Crippen molar-refractivity contribution in [1.82, 2.24) is 5.32 Å². The number of aliphatic carboxylic acids is 1. The maximum absolute atomic E-state index is 10.9. The maximum Gasteiger partial charge on any atom is 0.320 e. The van der Waals surface area contributed by atoms with Gasteiger partial charge in [0.05, 0.1) is 0 Å². The van der Waals surface area contributed by atoms with E-state index in [0.717, 1.165) is 45.3 Å². The molecule has 2 aliphatic rings. The summed E-state index contributed by atoms with van der Waals surface area (Å²) in [5, 5.41) is 12.2. The average molecular weight is 213 g/mol. The molecule has 0 aromatic carbocycles. The van der Waals surface area contributed by atoms with Crippen LogP contribution < -0.4 is 5.32 Å². The second-order valence-electron chi connectivity index (χ2n) is 4.54. The van der Waals surface area contributed by atoms with E-state index in [9.17, 15) is 4.79 Å². The lowest BCUT2D eigenvalue weighted by Gasteiger charge is -2.36. The first-order valence-electron chi connectivity index (χ1n) is 5.84. The number of ether oxygens (including phenoxy) is 1. The molecular weight excluding hydrogens is 194 g/mol. The van der Waals surface area contributed by atoms with E-state index in [1.807, 2.05) is 0 Å². The first kappa shape index (κ1) is 10.9. The number of hydrogen-bond donors (Lipinski definition) is 2. The highest BCUT2D eigenvalue weighted by Gasteiger charge is 2.31. The van der Waals surface area contributed by atoms with Crippen LogP contribution in [-0.4, -0.2) is 36.4 Å². The fourth-order valence-electron chi connectivity index (χ4n) is 2.65. The first-order valence-corrected chi connectivity index (χ1v) is 5.84. The van der Waals surface area contributed by atoms with Gasteiger partial charge in [-0.2, -0.15) is 0 Å². The molecule has 0 amide bonds. The fourth-order valence-corrected chi connectivity index (χ4v) is 2.65. The van der Waals surface area contributed by atoms with Gasteiger partial charge in [0.2, 0.25) is 0 Å². The monoisotopic (exact) mass is 213 g/mol. The smallest absolute Gasteiger partial charge is 0.320 e. The normalized spacial score (nSPS) is 33.9. The third kappa shape index (κ3) is 2.69. The number of nitrogens with one attached hydrogen (secondary N) is 1. The summed E-state index contributed by atoms with van der Waals surface area (Å²) in [5.74, 6) is -0.0901. The Morgan fingerprint density at radius 3 is 2.60 bits per heavy atom. The van der Waals surface area contributed by atoms with Crippen molar-refractivity contribution in [1.29, 1.82) is 0 Å². The van der Waals surface area contributed by atoms with Gasteiger partial charge in [-0.3, -0.25) is 4.79 Å². The van der Waals surface area contributed by atoms with Crippen molar-refractivity contribution in [3.63, 3.8) is 0 Å². The molecule has 0 aromatic heterocycles. The minimum absolute atomic E-state index is 0.327. The molecule has 2 fully saturated rings. The van der Waals surface area contributed by atoms with Gasteiger partial charge in [0, 0.05) is 19.3 Å². The highest BCUT2D eigenvalue weighted by Crippen LogP contribution is 2.25. The molecule has 2 atom stereocenters. The summed E-state index contributed by atoms with van der Waals surface area (Å²) in [4.78, 5) is 10.9. The summed E-state index contributed by atoms with van der Waals surface area (Å²) in [6.07, 6.45) is 5.07. The van der Waals surface area contributed by atoms with Crippen LogP contribution >= 0.6 is 0 Å². The van der Waals surface area contributed by atoms with Crippen LogP contribution in [0, 0.1) is 5.92 Å². The summed E-state index contributed by atoms with van der Waals surface area (Å²) < 4.78 is 5.32. The van der Waals surface area contributed by atoms with E-state index in [-0.39, 0.29) is 6.04 Å². The third-order valence-electron chi connectivity index (χ3n) is 3.56. The number of rotatable bonds is 2. The zero-order chi connectivity index (χ0) is 10.7. The molecule has 0 bridgehead atoms. The van der Waals surface area contributed by atoms with Gasteiger partial charge in [0.15, 0.2) is 0 Å². The number of carboxylic acids is 1. The molecule has 2 saturated heterocycles. The number of carboxylic acid groups (broad SMARTS) is 1. The van der Waals surface area contributed by atoms with E-state index in [4.69, 9.17) is 9.84 Å². The summed E-state index contributed by atoms with van der Waals surface area (Å²) in [5.41, 5.74) is 0. The summed E-state index contributed by atoms with van der Waals surface area (Å²) >= 11 is 0. The fraction of sp³-hybridized carbons (Fsp3) is 0.909. The Labute approximate surface area is 90.0 Å². The van der Waals surface area contributed by atoms with Crippen LogP contribution in [0.15, 0.2) is 0 Å². The standard InChI is InChI=1S/C11H19NO3/c13-11(14)10-3-1-2-9(12-10)8-4-6-15-7-5-8/h8-10,12H,1-7H2,(H,13,14). The number of carbonyl (C=O) groups is 1. The SMILES string of the molecule is O=C(O)C1CCCC(C2CCOCC2)N1. The summed E-state index contributed by atoms with van der Waals surface area (Å²) in [6.45, 7) is 1.67. The van der Waals surface area contributed by atoms with Crippen molar-refractivity contribution in [3.05, 3.63) is 0 Å². The van der Waals surface area contributed by atoms with Crippen LogP contribution in [0.3, 0.4) is 0 Å². The Morgan fingerprint density at radius 1 is 1.20 bits per heavy atom. The Kier molecular flexibility index (Phi) is 3.59. The molecule has 4 nitrogen and oxygen atoms in total. The second-order valence-corrected chi connectivity index (χ2v) is 4.54. The highest BCUT2D eigenvalue weighted by molar-refractivity contribution is 5.73. The molecule has 2 heterocycles. The van der Waals surface area contributed by atoms with E-state index < -0.39 is 5.97 Å².